The van der Waals surface area contributed by atoms with Crippen molar-refractivity contribution in [1.82, 2.24) is 15.0 Å². The van der Waals surface area contributed by atoms with Gasteiger partial charge in [0.1, 0.15) is 0 Å². The highest BCUT2D eigenvalue weighted by molar-refractivity contribution is 5.38. The zero-order chi connectivity index (χ0) is 13.0. The van der Waals surface area contributed by atoms with Crippen molar-refractivity contribution in [1.29, 1.82) is 0 Å². The molecule has 100 valence electrons. The van der Waals surface area contributed by atoms with Gasteiger partial charge in [0, 0.05) is 13.1 Å². The maximum Gasteiger partial charge on any atom is 0.323 e. The van der Waals surface area contributed by atoms with Crippen LogP contribution in [0.3, 0.4) is 0 Å². The van der Waals surface area contributed by atoms with Crippen LogP contribution in [0.4, 0.5) is 11.9 Å². The topological polar surface area (TPSA) is 89.2 Å². The van der Waals surface area contributed by atoms with E-state index in [1.54, 1.807) is 0 Å². The Morgan fingerprint density at radius 1 is 1.33 bits per heavy atom. The molecule has 1 unspecified atom stereocenters. The quantitative estimate of drug-likeness (QED) is 0.595. The van der Waals surface area contributed by atoms with Crippen LogP contribution in [0, 0.1) is 0 Å². The number of anilines is 2. The predicted molar refractivity (Wildman–Crippen MR) is 69.5 cm³/mol. The average Bonchev–Trinajstić information content (AvgIpc) is 2.92. The van der Waals surface area contributed by atoms with Gasteiger partial charge in [-0.3, -0.25) is 5.43 Å². The second-order valence-electron chi connectivity index (χ2n) is 4.42. The lowest BCUT2D eigenvalue weighted by molar-refractivity contribution is 0.199. The first-order valence-corrected chi connectivity index (χ1v) is 6.37. The molecule has 0 saturated carbocycles. The van der Waals surface area contributed by atoms with Crippen LogP contribution in [0.15, 0.2) is 0 Å². The molecular weight excluding hydrogens is 232 g/mol. The molecule has 1 fully saturated rings. The number of nitrogens with zero attached hydrogens (tertiary/aromatic N) is 4. The Morgan fingerprint density at radius 3 is 2.67 bits per heavy atom. The molecule has 0 aliphatic carbocycles. The molecule has 7 nitrogen and oxygen atoms in total. The Bertz CT molecular complexity index is 393. The molecule has 1 aliphatic heterocycles. The Labute approximate surface area is 107 Å². The summed E-state index contributed by atoms with van der Waals surface area (Å²) in [5, 5.41) is 0. The molecule has 0 bridgehead atoms. The summed E-state index contributed by atoms with van der Waals surface area (Å²) < 4.78 is 5.62. The minimum atomic E-state index is 0.0736. The normalized spacial score (nSPS) is 16.7. The van der Waals surface area contributed by atoms with Gasteiger partial charge in [-0.25, -0.2) is 5.84 Å². The monoisotopic (exact) mass is 252 g/mol. The molecule has 7 heteroatoms. The van der Waals surface area contributed by atoms with Gasteiger partial charge < -0.3 is 9.64 Å². The summed E-state index contributed by atoms with van der Waals surface area (Å²) in [6, 6.07) is 0.328. The summed E-state index contributed by atoms with van der Waals surface area (Å²) in [6.45, 7) is 5.97. The number of nitrogens with two attached hydrogens (primary N) is 1. The van der Waals surface area contributed by atoms with Crippen LogP contribution in [0.1, 0.15) is 33.1 Å². The van der Waals surface area contributed by atoms with Gasteiger partial charge in [0.05, 0.1) is 6.10 Å². The molecule has 18 heavy (non-hydrogen) atoms. The van der Waals surface area contributed by atoms with Crippen molar-refractivity contribution in [3.05, 3.63) is 0 Å². The van der Waals surface area contributed by atoms with Gasteiger partial charge in [0.25, 0.3) is 0 Å². The minimum absolute atomic E-state index is 0.0736. The molecule has 1 aromatic rings. The number of hydrogen-bond donors (Lipinski definition) is 2. The number of nitrogens with one attached hydrogen (secondary N) is 1. The highest BCUT2D eigenvalue weighted by Gasteiger charge is 2.18. The van der Waals surface area contributed by atoms with E-state index in [0.29, 0.717) is 17.9 Å². The molecule has 0 spiro atoms. The summed E-state index contributed by atoms with van der Waals surface area (Å²) in [5.41, 5.74) is 2.45. The minimum Gasteiger partial charge on any atom is -0.460 e. The Morgan fingerprint density at radius 2 is 2.06 bits per heavy atom. The lowest BCUT2D eigenvalue weighted by Crippen LogP contribution is -2.23. The van der Waals surface area contributed by atoms with E-state index in [-0.39, 0.29) is 6.10 Å². The molecule has 0 aromatic carbocycles. The van der Waals surface area contributed by atoms with Gasteiger partial charge in [0.15, 0.2) is 0 Å². The fourth-order valence-corrected chi connectivity index (χ4v) is 1.78. The number of ether oxygens (including phenoxy) is 1. The molecule has 1 aromatic heterocycles. The fourth-order valence-electron chi connectivity index (χ4n) is 1.78. The first-order chi connectivity index (χ1) is 8.72. The third-order valence-electron chi connectivity index (χ3n) is 3.00. The standard InChI is InChI=1S/C11H20N6O/c1-3-8(2)18-11-14-9(16-12)13-10(15-11)17-6-4-5-7-17/h8H,3-7,12H2,1-2H3,(H,13,14,15,16). The molecule has 0 amide bonds. The number of aromatic nitrogens is 3. The summed E-state index contributed by atoms with van der Waals surface area (Å²) in [6.07, 6.45) is 3.30. The lowest BCUT2D eigenvalue weighted by atomic mass is 10.3. The van der Waals surface area contributed by atoms with E-state index in [9.17, 15) is 0 Å². The molecule has 1 aliphatic rings. The number of hydrazine groups is 1. The van der Waals surface area contributed by atoms with Crippen LogP contribution < -0.4 is 20.9 Å². The van der Waals surface area contributed by atoms with Crippen LogP contribution in [0.5, 0.6) is 6.01 Å². The van der Waals surface area contributed by atoms with E-state index in [1.165, 1.54) is 12.8 Å². The summed E-state index contributed by atoms with van der Waals surface area (Å²) >= 11 is 0. The summed E-state index contributed by atoms with van der Waals surface area (Å²) in [4.78, 5) is 14.8. The first-order valence-electron chi connectivity index (χ1n) is 6.37. The molecule has 3 N–H and O–H groups in total. The average molecular weight is 252 g/mol. The van der Waals surface area contributed by atoms with E-state index in [0.717, 1.165) is 19.5 Å². The largest absolute Gasteiger partial charge is 0.460 e. The third-order valence-corrected chi connectivity index (χ3v) is 3.00. The van der Waals surface area contributed by atoms with E-state index in [4.69, 9.17) is 10.6 Å². The van der Waals surface area contributed by atoms with Crippen LogP contribution in [-0.4, -0.2) is 34.1 Å². The van der Waals surface area contributed by atoms with Gasteiger partial charge in [-0.15, -0.1) is 0 Å². The van der Waals surface area contributed by atoms with Gasteiger partial charge in [-0.2, -0.15) is 15.0 Å². The van der Waals surface area contributed by atoms with Crippen molar-refractivity contribution >= 4 is 11.9 Å². The maximum absolute atomic E-state index is 5.62. The molecule has 2 rings (SSSR count). The van der Waals surface area contributed by atoms with Crippen LogP contribution in [0.2, 0.25) is 0 Å². The molecular formula is C11H20N6O. The Balaban J connectivity index is 2.20. The van der Waals surface area contributed by atoms with E-state index in [2.05, 4.69) is 32.2 Å². The molecule has 1 saturated heterocycles. The predicted octanol–water partition coefficient (Wildman–Crippen LogP) is 0.935. The van der Waals surface area contributed by atoms with E-state index >= 15 is 0 Å². The zero-order valence-corrected chi connectivity index (χ0v) is 10.9. The number of rotatable bonds is 5. The second-order valence-corrected chi connectivity index (χ2v) is 4.42. The highest BCUT2D eigenvalue weighted by atomic mass is 16.5. The van der Waals surface area contributed by atoms with Crippen LogP contribution in [0.25, 0.3) is 0 Å². The Kier molecular flexibility index (Phi) is 4.14. The van der Waals surface area contributed by atoms with Gasteiger partial charge in [0.2, 0.25) is 11.9 Å². The molecule has 2 heterocycles. The van der Waals surface area contributed by atoms with Crippen molar-refractivity contribution in [2.24, 2.45) is 5.84 Å². The first kappa shape index (κ1) is 12.8. The van der Waals surface area contributed by atoms with E-state index < -0.39 is 0 Å². The second kappa shape index (κ2) is 5.81. The zero-order valence-electron chi connectivity index (χ0n) is 10.9. The van der Waals surface area contributed by atoms with Crippen molar-refractivity contribution in [2.75, 3.05) is 23.4 Å². The van der Waals surface area contributed by atoms with Crippen molar-refractivity contribution in [3.63, 3.8) is 0 Å². The van der Waals surface area contributed by atoms with Crippen LogP contribution in [-0.2, 0) is 0 Å². The maximum atomic E-state index is 5.62. The fraction of sp³-hybridized carbons (Fsp3) is 0.727. The smallest absolute Gasteiger partial charge is 0.323 e. The SMILES string of the molecule is CCC(C)Oc1nc(NN)nc(N2CCCC2)n1. The Hall–Kier alpha value is -1.63. The molecule has 0 radical (unpaired) electrons. The van der Waals surface area contributed by atoms with Crippen molar-refractivity contribution < 1.29 is 4.74 Å². The third kappa shape index (κ3) is 2.98. The van der Waals surface area contributed by atoms with Gasteiger partial charge in [-0.1, -0.05) is 6.92 Å². The van der Waals surface area contributed by atoms with Crippen LogP contribution >= 0.6 is 0 Å². The van der Waals surface area contributed by atoms with Crippen molar-refractivity contribution in [3.8, 4) is 6.01 Å². The number of nitrogen functional groups attached to an aromatic ring is 1. The lowest BCUT2D eigenvalue weighted by Gasteiger charge is -2.17. The molecule has 1 atom stereocenters. The van der Waals surface area contributed by atoms with E-state index in [1.807, 2.05) is 6.92 Å². The van der Waals surface area contributed by atoms with Crippen molar-refractivity contribution in [2.45, 2.75) is 39.2 Å². The highest BCUT2D eigenvalue weighted by Crippen LogP contribution is 2.19. The summed E-state index contributed by atoms with van der Waals surface area (Å²) in [5.74, 6) is 6.34. The van der Waals surface area contributed by atoms with Gasteiger partial charge >= 0.3 is 6.01 Å². The number of hydrogen-bond acceptors (Lipinski definition) is 7. The van der Waals surface area contributed by atoms with Gasteiger partial charge in [-0.05, 0) is 26.2 Å². The summed E-state index contributed by atoms with van der Waals surface area (Å²) in [7, 11) is 0.